The summed E-state index contributed by atoms with van der Waals surface area (Å²) in [4.78, 5) is 3.49. The van der Waals surface area contributed by atoms with Crippen molar-refractivity contribution in [3.05, 3.63) is 34.1 Å². The van der Waals surface area contributed by atoms with Gasteiger partial charge in [0.05, 0.1) is 0 Å². The van der Waals surface area contributed by atoms with Crippen LogP contribution in [0.3, 0.4) is 0 Å². The average Bonchev–Trinajstić information content (AvgIpc) is 1.88. The Morgan fingerprint density at radius 2 is 2.30 bits per heavy atom. The van der Waals surface area contributed by atoms with E-state index in [4.69, 9.17) is 16.7 Å². The lowest BCUT2D eigenvalue weighted by Gasteiger charge is -1.80. The summed E-state index contributed by atoms with van der Waals surface area (Å²) in [5, 5.41) is 8.74. The van der Waals surface area contributed by atoms with E-state index in [9.17, 15) is 0 Å². The van der Waals surface area contributed by atoms with Crippen molar-refractivity contribution >= 4 is 17.3 Å². The molecule has 0 radical (unpaired) electrons. The van der Waals surface area contributed by atoms with Gasteiger partial charge in [-0.05, 0) is 6.07 Å². The minimum Gasteiger partial charge on any atom is -0.408 e. The number of benzene rings is 1. The van der Waals surface area contributed by atoms with Crippen molar-refractivity contribution in [3.8, 4) is 6.26 Å². The van der Waals surface area contributed by atoms with E-state index >= 15 is 0 Å². The van der Waals surface area contributed by atoms with Crippen molar-refractivity contribution in [1.82, 2.24) is 0 Å². The van der Waals surface area contributed by atoms with Gasteiger partial charge < -0.3 is 5.11 Å². The molecule has 0 amide bonds. The maximum absolute atomic E-state index is 8.15. The standard InChI is InChI=1S/C7H4ClNO/c8-6-2-1-3-7(4-6)9-5-10/h1-4H/p+1. The first-order valence-electron chi connectivity index (χ1n) is 2.68. The molecule has 0 unspecified atom stereocenters. The van der Waals surface area contributed by atoms with Crippen molar-refractivity contribution < 1.29 is 5.11 Å². The van der Waals surface area contributed by atoms with E-state index in [1.807, 2.05) is 0 Å². The van der Waals surface area contributed by atoms with Gasteiger partial charge in [-0.1, -0.05) is 17.7 Å². The fourth-order valence-corrected chi connectivity index (χ4v) is 0.788. The molecular formula is C7H5ClNO+. The third kappa shape index (κ3) is 1.64. The van der Waals surface area contributed by atoms with Gasteiger partial charge in [-0.2, -0.15) is 0 Å². The Morgan fingerprint density at radius 1 is 1.50 bits per heavy atom. The Labute approximate surface area is 63.5 Å². The number of hydrogen-bond donors (Lipinski definition) is 1. The third-order valence-electron chi connectivity index (χ3n) is 0.987. The molecule has 2 nitrogen and oxygen atoms in total. The maximum atomic E-state index is 8.15. The fraction of sp³-hybridized carbons (Fsp3) is 0. The maximum Gasteiger partial charge on any atom is 0.520 e. The minimum absolute atomic E-state index is 0.593. The molecule has 0 bridgehead atoms. The van der Waals surface area contributed by atoms with E-state index in [0.717, 1.165) is 0 Å². The van der Waals surface area contributed by atoms with Crippen LogP contribution < -0.4 is 0 Å². The molecule has 0 heterocycles. The molecule has 0 spiro atoms. The molecule has 0 aromatic heterocycles. The molecule has 3 heteroatoms. The molecule has 1 aromatic carbocycles. The van der Waals surface area contributed by atoms with Crippen LogP contribution >= 0.6 is 11.6 Å². The van der Waals surface area contributed by atoms with Crippen LogP contribution in [-0.2, 0) is 0 Å². The summed E-state index contributed by atoms with van der Waals surface area (Å²) in [7, 11) is 0. The Kier molecular flexibility index (Phi) is 2.14. The SMILES string of the molecule is OC#[N+]c1cccc(Cl)c1. The van der Waals surface area contributed by atoms with Gasteiger partial charge in [0, 0.05) is 22.0 Å². The number of aliphatic hydroxyl groups excluding tert-OH is 1. The lowest BCUT2D eigenvalue weighted by molar-refractivity contribution is 0.515. The average molecular weight is 155 g/mol. The number of nitrogens with zero attached hydrogens (tertiary/aromatic N) is 1. The Bertz CT molecular complexity index is 287. The van der Waals surface area contributed by atoms with E-state index in [0.29, 0.717) is 10.7 Å². The van der Waals surface area contributed by atoms with E-state index in [1.54, 1.807) is 30.5 Å². The second kappa shape index (κ2) is 3.09. The lowest BCUT2D eigenvalue weighted by atomic mass is 10.3. The largest absolute Gasteiger partial charge is 0.520 e. The molecule has 50 valence electrons. The summed E-state index contributed by atoms with van der Waals surface area (Å²) in [5.41, 5.74) is 0.593. The van der Waals surface area contributed by atoms with Crippen LogP contribution in [0.25, 0.3) is 4.85 Å². The van der Waals surface area contributed by atoms with Crippen LogP contribution in [0.5, 0.6) is 0 Å². The van der Waals surface area contributed by atoms with Crippen molar-refractivity contribution in [3.63, 3.8) is 0 Å². The van der Waals surface area contributed by atoms with Gasteiger partial charge in [0.2, 0.25) is 0 Å². The van der Waals surface area contributed by atoms with Crippen LogP contribution in [0, 0.1) is 6.26 Å². The quantitative estimate of drug-likeness (QED) is 0.571. The molecule has 0 fully saturated rings. The van der Waals surface area contributed by atoms with Gasteiger partial charge in [0.25, 0.3) is 0 Å². The first-order chi connectivity index (χ1) is 4.83. The Balaban J connectivity index is 3.03. The highest BCUT2D eigenvalue weighted by Gasteiger charge is 1.99. The molecule has 0 aliphatic carbocycles. The zero-order valence-corrected chi connectivity index (χ0v) is 5.84. The van der Waals surface area contributed by atoms with Crippen molar-refractivity contribution in [2.24, 2.45) is 0 Å². The van der Waals surface area contributed by atoms with Gasteiger partial charge in [0.1, 0.15) is 0 Å². The summed E-state index contributed by atoms with van der Waals surface area (Å²) in [5.74, 6) is 0. The predicted octanol–water partition coefficient (Wildman–Crippen LogP) is 2.63. The van der Waals surface area contributed by atoms with Crippen LogP contribution in [0.15, 0.2) is 24.3 Å². The molecule has 0 saturated heterocycles. The summed E-state index contributed by atoms with van der Waals surface area (Å²) in [6.45, 7) is 0. The van der Waals surface area contributed by atoms with E-state index < -0.39 is 0 Å². The molecule has 10 heavy (non-hydrogen) atoms. The minimum atomic E-state index is 0.593. The zero-order valence-electron chi connectivity index (χ0n) is 5.08. The second-order valence-corrected chi connectivity index (χ2v) is 2.13. The Morgan fingerprint density at radius 3 is 2.90 bits per heavy atom. The summed E-state index contributed by atoms with van der Waals surface area (Å²) >= 11 is 5.61. The number of halogens is 1. The molecule has 0 aliphatic rings. The molecule has 1 aromatic rings. The number of rotatable bonds is 0. The molecule has 0 saturated carbocycles. The van der Waals surface area contributed by atoms with Gasteiger partial charge in [-0.25, -0.2) is 0 Å². The van der Waals surface area contributed by atoms with E-state index in [1.165, 1.54) is 0 Å². The van der Waals surface area contributed by atoms with Gasteiger partial charge >= 0.3 is 11.9 Å². The van der Waals surface area contributed by atoms with Crippen LogP contribution in [-0.4, -0.2) is 5.11 Å². The highest BCUT2D eigenvalue weighted by molar-refractivity contribution is 6.30. The Hall–Kier alpha value is -1.20. The molecular weight excluding hydrogens is 150 g/mol. The normalized spacial score (nSPS) is 8.10. The van der Waals surface area contributed by atoms with Crippen molar-refractivity contribution in [2.75, 3.05) is 0 Å². The van der Waals surface area contributed by atoms with Gasteiger partial charge in [0.15, 0.2) is 0 Å². The van der Waals surface area contributed by atoms with E-state index in [-0.39, 0.29) is 0 Å². The first-order valence-corrected chi connectivity index (χ1v) is 3.06. The van der Waals surface area contributed by atoms with Crippen LogP contribution in [0.1, 0.15) is 0 Å². The molecule has 0 atom stereocenters. The predicted molar refractivity (Wildman–Crippen MR) is 40.3 cm³/mol. The first kappa shape index (κ1) is 6.91. The molecule has 1 rings (SSSR count). The highest BCUT2D eigenvalue weighted by Crippen LogP contribution is 2.17. The summed E-state index contributed by atoms with van der Waals surface area (Å²) < 4.78 is 0. The highest BCUT2D eigenvalue weighted by atomic mass is 35.5. The lowest BCUT2D eigenvalue weighted by Crippen LogP contribution is -1.61. The van der Waals surface area contributed by atoms with Crippen LogP contribution in [0.4, 0.5) is 5.69 Å². The summed E-state index contributed by atoms with van der Waals surface area (Å²) in [6, 6.07) is 6.83. The van der Waals surface area contributed by atoms with Gasteiger partial charge in [-0.15, -0.1) is 0 Å². The number of aliphatic hydroxyl groups is 1. The summed E-state index contributed by atoms with van der Waals surface area (Å²) in [6.07, 6.45) is 1.68. The van der Waals surface area contributed by atoms with Crippen molar-refractivity contribution in [1.29, 1.82) is 0 Å². The van der Waals surface area contributed by atoms with Crippen LogP contribution in [0.2, 0.25) is 5.02 Å². The van der Waals surface area contributed by atoms with E-state index in [2.05, 4.69) is 4.85 Å². The molecule has 0 aliphatic heterocycles. The van der Waals surface area contributed by atoms with Crippen molar-refractivity contribution in [2.45, 2.75) is 0 Å². The zero-order chi connectivity index (χ0) is 7.40. The number of hydrogen-bond acceptors (Lipinski definition) is 1. The molecule has 1 N–H and O–H groups in total. The third-order valence-corrected chi connectivity index (χ3v) is 1.22. The smallest absolute Gasteiger partial charge is 0.408 e. The topological polar surface area (TPSA) is 24.6 Å². The second-order valence-electron chi connectivity index (χ2n) is 1.69. The monoisotopic (exact) mass is 154 g/mol. The van der Waals surface area contributed by atoms with Gasteiger partial charge in [-0.3, -0.25) is 0 Å². The fourth-order valence-electron chi connectivity index (χ4n) is 0.603.